The first-order chi connectivity index (χ1) is 10.6. The standard InChI is InChI=1S/C19H33NO2/c1-3-5-7-9-15-13-16(21)14-19(20-15)12-8-11-18(22)17(19)10-6-4-2/h15,17,20H,3-14H2,1-2H3/t15-,17-,19+/m1/s1. The van der Waals surface area contributed by atoms with Gasteiger partial charge in [0.2, 0.25) is 0 Å². The molecule has 2 rings (SSSR count). The van der Waals surface area contributed by atoms with Crippen LogP contribution < -0.4 is 5.32 Å². The summed E-state index contributed by atoms with van der Waals surface area (Å²) in [6.45, 7) is 4.38. The highest BCUT2D eigenvalue weighted by molar-refractivity contribution is 5.87. The monoisotopic (exact) mass is 307 g/mol. The fraction of sp³-hybridized carbons (Fsp3) is 0.895. The Hall–Kier alpha value is -0.700. The van der Waals surface area contributed by atoms with Crippen molar-refractivity contribution in [1.29, 1.82) is 0 Å². The highest BCUT2D eigenvalue weighted by Gasteiger charge is 2.48. The molecule has 1 saturated carbocycles. The molecule has 1 aliphatic carbocycles. The van der Waals surface area contributed by atoms with Gasteiger partial charge in [0.25, 0.3) is 0 Å². The second kappa shape index (κ2) is 8.24. The first-order valence-electron chi connectivity index (χ1n) is 9.43. The largest absolute Gasteiger partial charge is 0.307 e. The van der Waals surface area contributed by atoms with Crippen LogP contribution in [0, 0.1) is 5.92 Å². The van der Waals surface area contributed by atoms with Gasteiger partial charge in [0.15, 0.2) is 0 Å². The average Bonchev–Trinajstić information content (AvgIpc) is 2.46. The SMILES string of the molecule is CCCCC[C@@H]1CC(=O)C[C@]2(CCCC(=O)[C@H]2CCCC)N1. The van der Waals surface area contributed by atoms with E-state index in [0.29, 0.717) is 36.9 Å². The van der Waals surface area contributed by atoms with E-state index in [-0.39, 0.29) is 11.5 Å². The molecule has 3 atom stereocenters. The summed E-state index contributed by atoms with van der Waals surface area (Å²) in [4.78, 5) is 24.9. The minimum Gasteiger partial charge on any atom is -0.307 e. The van der Waals surface area contributed by atoms with Crippen molar-refractivity contribution in [2.24, 2.45) is 5.92 Å². The van der Waals surface area contributed by atoms with Crippen LogP contribution in [0.1, 0.15) is 90.9 Å². The van der Waals surface area contributed by atoms with Crippen LogP contribution >= 0.6 is 0 Å². The van der Waals surface area contributed by atoms with Gasteiger partial charge in [-0.05, 0) is 25.7 Å². The Morgan fingerprint density at radius 2 is 1.86 bits per heavy atom. The van der Waals surface area contributed by atoms with Crippen molar-refractivity contribution in [2.45, 2.75) is 102 Å². The van der Waals surface area contributed by atoms with Crippen molar-refractivity contribution >= 4 is 11.6 Å². The number of piperidine rings is 1. The molecule has 3 heteroatoms. The van der Waals surface area contributed by atoms with E-state index >= 15 is 0 Å². The van der Waals surface area contributed by atoms with Crippen molar-refractivity contribution in [1.82, 2.24) is 5.32 Å². The van der Waals surface area contributed by atoms with E-state index in [1.165, 1.54) is 19.3 Å². The van der Waals surface area contributed by atoms with Gasteiger partial charge in [-0.25, -0.2) is 0 Å². The van der Waals surface area contributed by atoms with E-state index in [1.54, 1.807) is 0 Å². The van der Waals surface area contributed by atoms with Crippen LogP contribution in [0.2, 0.25) is 0 Å². The van der Waals surface area contributed by atoms with E-state index in [2.05, 4.69) is 19.2 Å². The molecule has 1 spiro atoms. The lowest BCUT2D eigenvalue weighted by atomic mass is 9.65. The maximum absolute atomic E-state index is 12.5. The predicted octanol–water partition coefficient (Wildman–Crippen LogP) is 4.19. The molecule has 0 unspecified atom stereocenters. The summed E-state index contributed by atoms with van der Waals surface area (Å²) in [7, 11) is 0. The number of Topliss-reactive ketones (excluding diaryl/α,β-unsaturated/α-hetero) is 2. The highest BCUT2D eigenvalue weighted by Crippen LogP contribution is 2.40. The molecule has 0 aromatic rings. The minimum atomic E-state index is -0.212. The van der Waals surface area contributed by atoms with Crippen molar-refractivity contribution in [2.75, 3.05) is 0 Å². The van der Waals surface area contributed by atoms with Gasteiger partial charge in [0, 0.05) is 36.8 Å². The fourth-order valence-electron chi connectivity index (χ4n) is 4.49. The number of carbonyl (C=O) groups excluding carboxylic acids is 2. The van der Waals surface area contributed by atoms with E-state index < -0.39 is 0 Å². The van der Waals surface area contributed by atoms with E-state index in [1.807, 2.05) is 0 Å². The molecule has 1 heterocycles. The van der Waals surface area contributed by atoms with Crippen molar-refractivity contribution < 1.29 is 9.59 Å². The third-order valence-corrected chi connectivity index (χ3v) is 5.58. The summed E-state index contributed by atoms with van der Waals surface area (Å²) in [5.74, 6) is 0.838. The molecule has 1 saturated heterocycles. The summed E-state index contributed by atoms with van der Waals surface area (Å²) < 4.78 is 0. The Kier molecular flexibility index (Phi) is 6.61. The zero-order valence-corrected chi connectivity index (χ0v) is 14.5. The van der Waals surface area contributed by atoms with Crippen molar-refractivity contribution in [3.8, 4) is 0 Å². The van der Waals surface area contributed by atoms with Gasteiger partial charge >= 0.3 is 0 Å². The summed E-state index contributed by atoms with van der Waals surface area (Å²) in [5.41, 5.74) is -0.212. The lowest BCUT2D eigenvalue weighted by Crippen LogP contribution is -2.63. The Balaban J connectivity index is 2.09. The second-order valence-corrected chi connectivity index (χ2v) is 7.43. The maximum Gasteiger partial charge on any atom is 0.137 e. The van der Waals surface area contributed by atoms with Crippen LogP contribution in [0.5, 0.6) is 0 Å². The summed E-state index contributed by atoms with van der Waals surface area (Å²) in [5, 5.41) is 3.81. The Bertz CT molecular complexity index is 393. The number of unbranched alkanes of at least 4 members (excludes halogenated alkanes) is 3. The number of nitrogens with one attached hydrogen (secondary N) is 1. The van der Waals surface area contributed by atoms with E-state index in [0.717, 1.165) is 38.5 Å². The molecule has 1 N–H and O–H groups in total. The van der Waals surface area contributed by atoms with Gasteiger partial charge in [-0.3, -0.25) is 9.59 Å². The Labute approximate surface area is 135 Å². The van der Waals surface area contributed by atoms with Gasteiger partial charge in [0.1, 0.15) is 11.6 Å². The molecule has 0 aromatic carbocycles. The van der Waals surface area contributed by atoms with Crippen LogP contribution in [0.25, 0.3) is 0 Å². The van der Waals surface area contributed by atoms with Gasteiger partial charge in [-0.1, -0.05) is 46.0 Å². The minimum absolute atomic E-state index is 0.0686. The predicted molar refractivity (Wildman–Crippen MR) is 89.9 cm³/mol. The Morgan fingerprint density at radius 3 is 2.59 bits per heavy atom. The summed E-state index contributed by atoms with van der Waals surface area (Å²) >= 11 is 0. The van der Waals surface area contributed by atoms with Gasteiger partial charge in [-0.15, -0.1) is 0 Å². The Morgan fingerprint density at radius 1 is 1.09 bits per heavy atom. The van der Waals surface area contributed by atoms with Crippen LogP contribution in [0.4, 0.5) is 0 Å². The number of hydrogen-bond donors (Lipinski definition) is 1. The van der Waals surface area contributed by atoms with Crippen LogP contribution in [-0.4, -0.2) is 23.1 Å². The maximum atomic E-state index is 12.5. The normalized spacial score (nSPS) is 32.6. The molecule has 0 radical (unpaired) electrons. The van der Waals surface area contributed by atoms with Gasteiger partial charge in [-0.2, -0.15) is 0 Å². The fourth-order valence-corrected chi connectivity index (χ4v) is 4.49. The number of ketones is 2. The number of rotatable bonds is 7. The molecular weight excluding hydrogens is 274 g/mol. The molecule has 2 fully saturated rings. The lowest BCUT2D eigenvalue weighted by Gasteiger charge is -2.49. The van der Waals surface area contributed by atoms with Crippen LogP contribution in [0.3, 0.4) is 0 Å². The van der Waals surface area contributed by atoms with Crippen molar-refractivity contribution in [3.63, 3.8) is 0 Å². The van der Waals surface area contributed by atoms with E-state index in [9.17, 15) is 9.59 Å². The first kappa shape index (κ1) is 17.7. The van der Waals surface area contributed by atoms with Crippen LogP contribution in [0.15, 0.2) is 0 Å². The summed E-state index contributed by atoms with van der Waals surface area (Å²) in [6.07, 6.45) is 11.8. The molecule has 3 nitrogen and oxygen atoms in total. The molecule has 0 aromatic heterocycles. The molecule has 1 aliphatic heterocycles. The summed E-state index contributed by atoms with van der Waals surface area (Å²) in [6, 6.07) is 0.294. The second-order valence-electron chi connectivity index (χ2n) is 7.43. The first-order valence-corrected chi connectivity index (χ1v) is 9.43. The third kappa shape index (κ3) is 4.18. The number of hydrogen-bond acceptors (Lipinski definition) is 3. The van der Waals surface area contributed by atoms with Crippen LogP contribution in [-0.2, 0) is 9.59 Å². The quantitative estimate of drug-likeness (QED) is 0.717. The molecule has 126 valence electrons. The van der Waals surface area contributed by atoms with E-state index in [4.69, 9.17) is 0 Å². The number of carbonyl (C=O) groups is 2. The van der Waals surface area contributed by atoms with Gasteiger partial charge < -0.3 is 5.32 Å². The lowest BCUT2D eigenvalue weighted by molar-refractivity contribution is -0.133. The molecule has 22 heavy (non-hydrogen) atoms. The average molecular weight is 307 g/mol. The molecule has 2 aliphatic rings. The molecule has 0 amide bonds. The zero-order chi connectivity index (χ0) is 16.0. The third-order valence-electron chi connectivity index (χ3n) is 5.58. The molecule has 0 bridgehead atoms. The molecular formula is C19H33NO2. The zero-order valence-electron chi connectivity index (χ0n) is 14.5. The van der Waals surface area contributed by atoms with Crippen molar-refractivity contribution in [3.05, 3.63) is 0 Å². The topological polar surface area (TPSA) is 46.2 Å². The highest BCUT2D eigenvalue weighted by atomic mass is 16.1. The smallest absolute Gasteiger partial charge is 0.137 e. The van der Waals surface area contributed by atoms with Gasteiger partial charge in [0.05, 0.1) is 0 Å².